The van der Waals surface area contributed by atoms with Crippen molar-refractivity contribution in [2.75, 3.05) is 6.61 Å². The summed E-state index contributed by atoms with van der Waals surface area (Å²) in [7, 11) is 0. The van der Waals surface area contributed by atoms with E-state index in [1.165, 1.54) is 12.1 Å². The Balaban J connectivity index is 1.67. The van der Waals surface area contributed by atoms with Crippen molar-refractivity contribution in [3.63, 3.8) is 0 Å². The van der Waals surface area contributed by atoms with Crippen LogP contribution in [0.5, 0.6) is 0 Å². The number of hydrogen-bond donors (Lipinski definition) is 1. The molecule has 1 aliphatic heterocycles. The molecule has 1 aliphatic carbocycles. The zero-order chi connectivity index (χ0) is 22.4. The monoisotopic (exact) mass is 434 g/mol. The highest BCUT2D eigenvalue weighted by Gasteiger charge is 2.48. The first-order chi connectivity index (χ1) is 14.9. The van der Waals surface area contributed by atoms with Crippen LogP contribution in [0.2, 0.25) is 0 Å². The largest absolute Gasteiger partial charge is 0.465 e. The highest BCUT2D eigenvalue weighted by atomic mass is 19.1. The van der Waals surface area contributed by atoms with E-state index in [9.17, 15) is 18.8 Å². The molecule has 2 aliphatic rings. The molecule has 1 N–H and O–H groups in total. The first-order valence-electron chi connectivity index (χ1n) is 11.0. The SMILES string of the molecule is CCOC(=O)[C@H](CCc1ccc(F)cc1)N[C@@H](C)C(=O)N1[C@H](OC=O)C[C@@H]2CCC[C@@H]21. The summed E-state index contributed by atoms with van der Waals surface area (Å²) in [5.74, 6) is -0.575. The third-order valence-corrected chi connectivity index (χ3v) is 6.29. The standard InChI is InChI=1S/C23H31FN2O5/c1-3-30-23(29)19(12-9-16-7-10-18(24)11-8-16)25-15(2)22(28)26-20-6-4-5-17(20)13-21(26)31-14-27/h7-8,10-11,14-15,17,19-21,25H,3-6,9,12-13H2,1-2H3/t15-,17-,19-,20-,21+/m0/s1. The van der Waals surface area contributed by atoms with Crippen LogP contribution in [-0.2, 0) is 30.3 Å². The fourth-order valence-electron chi connectivity index (χ4n) is 4.81. The Morgan fingerprint density at radius 3 is 2.71 bits per heavy atom. The topological polar surface area (TPSA) is 84.9 Å². The molecule has 1 saturated carbocycles. The first kappa shape index (κ1) is 23.2. The van der Waals surface area contributed by atoms with Crippen molar-refractivity contribution in [1.29, 1.82) is 0 Å². The first-order valence-corrected chi connectivity index (χ1v) is 11.0. The molecule has 5 atom stereocenters. The Hall–Kier alpha value is -2.48. The number of ether oxygens (including phenoxy) is 2. The van der Waals surface area contributed by atoms with Gasteiger partial charge in [0.25, 0.3) is 6.47 Å². The molecule has 1 heterocycles. The van der Waals surface area contributed by atoms with Gasteiger partial charge in [0.1, 0.15) is 11.9 Å². The highest BCUT2D eigenvalue weighted by molar-refractivity contribution is 5.84. The number of likely N-dealkylation sites (tertiary alicyclic amines) is 1. The van der Waals surface area contributed by atoms with Crippen molar-refractivity contribution in [1.82, 2.24) is 10.2 Å². The number of hydrogen-bond acceptors (Lipinski definition) is 6. The van der Waals surface area contributed by atoms with Crippen LogP contribution in [0, 0.1) is 11.7 Å². The lowest BCUT2D eigenvalue weighted by Crippen LogP contribution is -2.54. The second kappa shape index (κ2) is 10.7. The predicted molar refractivity (Wildman–Crippen MR) is 111 cm³/mol. The van der Waals surface area contributed by atoms with Crippen molar-refractivity contribution in [2.45, 2.75) is 76.7 Å². The van der Waals surface area contributed by atoms with Crippen LogP contribution in [0.25, 0.3) is 0 Å². The maximum atomic E-state index is 13.3. The number of nitrogens with zero attached hydrogens (tertiary/aromatic N) is 1. The van der Waals surface area contributed by atoms with Crippen molar-refractivity contribution in [3.05, 3.63) is 35.6 Å². The van der Waals surface area contributed by atoms with E-state index in [-0.39, 0.29) is 24.4 Å². The summed E-state index contributed by atoms with van der Waals surface area (Å²) in [5, 5.41) is 3.12. The van der Waals surface area contributed by atoms with Gasteiger partial charge in [0.15, 0.2) is 6.23 Å². The molecule has 1 saturated heterocycles. The number of halogens is 1. The zero-order valence-electron chi connectivity index (χ0n) is 18.1. The van der Waals surface area contributed by atoms with Crippen molar-refractivity contribution in [3.8, 4) is 0 Å². The van der Waals surface area contributed by atoms with E-state index >= 15 is 0 Å². The minimum atomic E-state index is -0.684. The molecule has 1 aromatic carbocycles. The maximum absolute atomic E-state index is 13.3. The minimum absolute atomic E-state index is 0.0713. The van der Waals surface area contributed by atoms with E-state index in [0.717, 1.165) is 24.8 Å². The fraction of sp³-hybridized carbons (Fsp3) is 0.609. The lowest BCUT2D eigenvalue weighted by molar-refractivity contribution is -0.154. The van der Waals surface area contributed by atoms with Crippen LogP contribution in [0.15, 0.2) is 24.3 Å². The molecule has 8 heteroatoms. The van der Waals surface area contributed by atoms with Gasteiger partial charge in [0, 0.05) is 12.5 Å². The lowest BCUT2D eigenvalue weighted by Gasteiger charge is -2.32. The molecule has 0 radical (unpaired) electrons. The van der Waals surface area contributed by atoms with Crippen LogP contribution in [0.3, 0.4) is 0 Å². The van der Waals surface area contributed by atoms with Gasteiger partial charge in [0.2, 0.25) is 5.91 Å². The van der Waals surface area contributed by atoms with Crippen LogP contribution < -0.4 is 5.32 Å². The molecule has 31 heavy (non-hydrogen) atoms. The van der Waals surface area contributed by atoms with Crippen LogP contribution in [-0.4, -0.2) is 54.2 Å². The summed E-state index contributed by atoms with van der Waals surface area (Å²) in [5.41, 5.74) is 0.893. The van der Waals surface area contributed by atoms with E-state index in [1.54, 1.807) is 30.9 Å². The van der Waals surface area contributed by atoms with Gasteiger partial charge in [-0.15, -0.1) is 0 Å². The highest BCUT2D eigenvalue weighted by Crippen LogP contribution is 2.41. The summed E-state index contributed by atoms with van der Waals surface area (Å²) in [6.45, 7) is 4.08. The number of nitrogens with one attached hydrogen (secondary N) is 1. The molecule has 2 fully saturated rings. The summed E-state index contributed by atoms with van der Waals surface area (Å²) in [6.07, 6.45) is 4.02. The minimum Gasteiger partial charge on any atom is -0.465 e. The van der Waals surface area contributed by atoms with Crippen LogP contribution in [0.4, 0.5) is 4.39 Å². The van der Waals surface area contributed by atoms with E-state index in [0.29, 0.717) is 31.7 Å². The summed E-state index contributed by atoms with van der Waals surface area (Å²) in [6, 6.07) is 4.85. The van der Waals surface area contributed by atoms with Gasteiger partial charge >= 0.3 is 5.97 Å². The average Bonchev–Trinajstić information content (AvgIpc) is 3.33. The Morgan fingerprint density at radius 2 is 2.03 bits per heavy atom. The number of fused-ring (bicyclic) bond motifs is 1. The van der Waals surface area contributed by atoms with Gasteiger partial charge in [-0.3, -0.25) is 19.7 Å². The number of carbonyl (C=O) groups excluding carboxylic acids is 3. The Bertz CT molecular complexity index is 772. The van der Waals surface area contributed by atoms with Crippen LogP contribution in [0.1, 0.15) is 51.5 Å². The predicted octanol–water partition coefficient (Wildman–Crippen LogP) is 2.57. The van der Waals surface area contributed by atoms with Crippen molar-refractivity contribution >= 4 is 18.3 Å². The van der Waals surface area contributed by atoms with Gasteiger partial charge in [0.05, 0.1) is 12.6 Å². The number of rotatable bonds is 10. The third kappa shape index (κ3) is 5.61. The molecule has 0 bridgehead atoms. The van der Waals surface area contributed by atoms with E-state index in [1.807, 2.05) is 0 Å². The fourth-order valence-corrected chi connectivity index (χ4v) is 4.81. The quantitative estimate of drug-likeness (QED) is 0.450. The Labute approximate surface area is 182 Å². The van der Waals surface area contributed by atoms with E-state index in [2.05, 4.69) is 5.32 Å². The number of carbonyl (C=O) groups is 3. The summed E-state index contributed by atoms with van der Waals surface area (Å²) >= 11 is 0. The van der Waals surface area contributed by atoms with Gasteiger partial charge in [-0.2, -0.15) is 0 Å². The molecular weight excluding hydrogens is 403 g/mol. The zero-order valence-corrected chi connectivity index (χ0v) is 18.1. The second-order valence-electron chi connectivity index (χ2n) is 8.28. The van der Waals surface area contributed by atoms with Crippen LogP contribution >= 0.6 is 0 Å². The average molecular weight is 435 g/mol. The Morgan fingerprint density at radius 1 is 1.29 bits per heavy atom. The molecule has 3 rings (SSSR count). The number of aryl methyl sites for hydroxylation is 1. The third-order valence-electron chi connectivity index (χ3n) is 6.29. The van der Waals surface area contributed by atoms with E-state index < -0.39 is 24.3 Å². The number of esters is 1. The molecule has 7 nitrogen and oxygen atoms in total. The molecule has 0 unspecified atom stereocenters. The summed E-state index contributed by atoms with van der Waals surface area (Å²) in [4.78, 5) is 38.4. The normalized spacial score (nSPS) is 24.4. The Kier molecular flexibility index (Phi) is 8.01. The van der Waals surface area contributed by atoms with Gasteiger partial charge < -0.3 is 14.4 Å². The van der Waals surface area contributed by atoms with E-state index in [4.69, 9.17) is 9.47 Å². The maximum Gasteiger partial charge on any atom is 0.323 e. The smallest absolute Gasteiger partial charge is 0.323 e. The second-order valence-corrected chi connectivity index (χ2v) is 8.28. The van der Waals surface area contributed by atoms with Gasteiger partial charge in [-0.05, 0) is 63.1 Å². The number of amides is 1. The molecule has 1 amide bonds. The molecule has 1 aromatic rings. The van der Waals surface area contributed by atoms with Gasteiger partial charge in [-0.25, -0.2) is 4.39 Å². The molecular formula is C23H31FN2O5. The van der Waals surface area contributed by atoms with Gasteiger partial charge in [-0.1, -0.05) is 18.6 Å². The van der Waals surface area contributed by atoms with Crippen molar-refractivity contribution < 1.29 is 28.2 Å². The molecule has 0 aromatic heterocycles. The summed E-state index contributed by atoms with van der Waals surface area (Å²) < 4.78 is 23.5. The molecule has 170 valence electrons. The lowest BCUT2D eigenvalue weighted by atomic mass is 10.0. The van der Waals surface area contributed by atoms with Crippen molar-refractivity contribution in [2.24, 2.45) is 5.92 Å². The number of benzene rings is 1. The molecule has 0 spiro atoms.